The van der Waals surface area contributed by atoms with Crippen LogP contribution in [0.1, 0.15) is 16.7 Å². The largest absolute Gasteiger partial charge is 0.398 e. The number of nitrogens with zero attached hydrogens (tertiary/aromatic N) is 1. The summed E-state index contributed by atoms with van der Waals surface area (Å²) in [4.78, 5) is 0.274. The lowest BCUT2D eigenvalue weighted by atomic mass is 10.1. The summed E-state index contributed by atoms with van der Waals surface area (Å²) >= 11 is 3.32. The Kier molecular flexibility index (Phi) is 3.55. The summed E-state index contributed by atoms with van der Waals surface area (Å²) < 4.78 is 27.9. The predicted molar refractivity (Wildman–Crippen MR) is 86.2 cm³/mol. The van der Waals surface area contributed by atoms with Gasteiger partial charge in [-0.05, 0) is 51.7 Å². The zero-order valence-electron chi connectivity index (χ0n) is 11.5. The van der Waals surface area contributed by atoms with Crippen molar-refractivity contribution in [3.63, 3.8) is 0 Å². The summed E-state index contributed by atoms with van der Waals surface area (Å²) in [5.74, 6) is 0. The van der Waals surface area contributed by atoms with E-state index in [1.165, 1.54) is 10.4 Å². The Balaban J connectivity index is 2.02. The van der Waals surface area contributed by atoms with Crippen LogP contribution in [0.4, 0.5) is 5.69 Å². The zero-order valence-corrected chi connectivity index (χ0v) is 13.9. The van der Waals surface area contributed by atoms with Crippen LogP contribution in [-0.2, 0) is 23.1 Å². The van der Waals surface area contributed by atoms with Crippen molar-refractivity contribution in [2.75, 3.05) is 5.73 Å². The first-order valence-corrected chi connectivity index (χ1v) is 8.75. The molecule has 2 aromatic carbocycles. The molecule has 0 fully saturated rings. The molecule has 2 N–H and O–H groups in total. The Morgan fingerprint density at radius 2 is 1.71 bits per heavy atom. The molecule has 0 spiro atoms. The van der Waals surface area contributed by atoms with Crippen molar-refractivity contribution in [3.8, 4) is 0 Å². The predicted octanol–water partition coefficient (Wildman–Crippen LogP) is 3.04. The van der Waals surface area contributed by atoms with Crippen molar-refractivity contribution >= 4 is 31.6 Å². The van der Waals surface area contributed by atoms with Crippen LogP contribution in [-0.4, -0.2) is 12.7 Å². The van der Waals surface area contributed by atoms with Gasteiger partial charge >= 0.3 is 0 Å². The van der Waals surface area contributed by atoms with Gasteiger partial charge in [-0.25, -0.2) is 8.42 Å². The molecule has 0 saturated heterocycles. The highest BCUT2D eigenvalue weighted by Crippen LogP contribution is 2.32. The second kappa shape index (κ2) is 5.12. The molecule has 0 aromatic heterocycles. The first kappa shape index (κ1) is 14.6. The summed E-state index contributed by atoms with van der Waals surface area (Å²) in [5.41, 5.74) is 9.07. The molecule has 1 heterocycles. The third-order valence-electron chi connectivity index (χ3n) is 3.72. The molecule has 4 nitrogen and oxygen atoms in total. The zero-order chi connectivity index (χ0) is 15.2. The van der Waals surface area contributed by atoms with Gasteiger partial charge in [0.25, 0.3) is 0 Å². The van der Waals surface area contributed by atoms with Crippen molar-refractivity contribution in [2.45, 2.75) is 24.9 Å². The fourth-order valence-corrected chi connectivity index (χ4v) is 4.65. The minimum absolute atomic E-state index is 0.274. The SMILES string of the molecule is Cc1cc(Br)c(N)cc1S(=O)(=O)N1Cc2ccccc2C1. The molecule has 0 aliphatic carbocycles. The number of sulfonamides is 1. The third-order valence-corrected chi connectivity index (χ3v) is 6.34. The van der Waals surface area contributed by atoms with Gasteiger partial charge in [0.05, 0.1) is 4.90 Å². The normalized spacial score (nSPS) is 15.1. The summed E-state index contributed by atoms with van der Waals surface area (Å²) in [6.07, 6.45) is 0. The Morgan fingerprint density at radius 3 is 2.29 bits per heavy atom. The minimum Gasteiger partial charge on any atom is -0.398 e. The number of hydrogen-bond acceptors (Lipinski definition) is 3. The molecule has 2 aromatic rings. The Labute approximate surface area is 132 Å². The Hall–Kier alpha value is -1.37. The maximum atomic E-state index is 12.8. The fourth-order valence-electron chi connectivity index (χ4n) is 2.56. The van der Waals surface area contributed by atoms with Gasteiger partial charge in [0.2, 0.25) is 10.0 Å². The van der Waals surface area contributed by atoms with Crippen LogP contribution < -0.4 is 5.73 Å². The maximum absolute atomic E-state index is 12.8. The highest BCUT2D eigenvalue weighted by Gasteiger charge is 2.31. The van der Waals surface area contributed by atoms with E-state index < -0.39 is 10.0 Å². The van der Waals surface area contributed by atoms with Gasteiger partial charge in [-0.2, -0.15) is 4.31 Å². The van der Waals surface area contributed by atoms with Gasteiger partial charge in [0, 0.05) is 23.2 Å². The van der Waals surface area contributed by atoms with E-state index in [9.17, 15) is 8.42 Å². The molecule has 0 atom stereocenters. The molecule has 3 rings (SSSR count). The van der Waals surface area contributed by atoms with E-state index in [1.54, 1.807) is 13.0 Å². The number of benzene rings is 2. The average Bonchev–Trinajstić information content (AvgIpc) is 2.87. The minimum atomic E-state index is -3.54. The lowest BCUT2D eigenvalue weighted by molar-refractivity contribution is 0.431. The van der Waals surface area contributed by atoms with E-state index in [2.05, 4.69) is 15.9 Å². The molecule has 1 aliphatic heterocycles. The van der Waals surface area contributed by atoms with E-state index in [0.29, 0.717) is 28.8 Å². The lowest BCUT2D eigenvalue weighted by Gasteiger charge is -2.18. The van der Waals surface area contributed by atoms with Crippen LogP contribution in [0.15, 0.2) is 45.8 Å². The topological polar surface area (TPSA) is 63.4 Å². The second-order valence-corrected chi connectivity index (χ2v) is 7.94. The summed E-state index contributed by atoms with van der Waals surface area (Å²) in [6.45, 7) is 2.60. The molecule has 110 valence electrons. The highest BCUT2D eigenvalue weighted by molar-refractivity contribution is 9.10. The Morgan fingerprint density at radius 1 is 1.14 bits per heavy atom. The van der Waals surface area contributed by atoms with Crippen LogP contribution in [0, 0.1) is 6.92 Å². The molecule has 1 aliphatic rings. The first-order chi connectivity index (χ1) is 9.89. The number of aryl methyl sites for hydroxylation is 1. The molecular weight excluding hydrogens is 352 g/mol. The summed E-state index contributed by atoms with van der Waals surface area (Å²) in [6, 6.07) is 11.1. The fraction of sp³-hybridized carbons (Fsp3) is 0.200. The van der Waals surface area contributed by atoms with Gasteiger partial charge in [-0.1, -0.05) is 24.3 Å². The molecule has 0 saturated carbocycles. The number of fused-ring (bicyclic) bond motifs is 1. The van der Waals surface area contributed by atoms with Gasteiger partial charge in [0.15, 0.2) is 0 Å². The molecule has 0 radical (unpaired) electrons. The van der Waals surface area contributed by atoms with Gasteiger partial charge in [0.1, 0.15) is 0 Å². The molecule has 0 amide bonds. The van der Waals surface area contributed by atoms with E-state index in [1.807, 2.05) is 24.3 Å². The maximum Gasteiger partial charge on any atom is 0.244 e. The Bertz CT molecular complexity index is 793. The number of halogens is 1. The summed E-state index contributed by atoms with van der Waals surface area (Å²) in [7, 11) is -3.54. The summed E-state index contributed by atoms with van der Waals surface area (Å²) in [5, 5.41) is 0. The smallest absolute Gasteiger partial charge is 0.244 e. The van der Waals surface area contributed by atoms with Crippen molar-refractivity contribution < 1.29 is 8.42 Å². The standard InChI is InChI=1S/C15H15BrN2O2S/c1-10-6-13(16)14(17)7-15(10)21(19,20)18-8-11-4-2-3-5-12(11)9-18/h2-7H,8-9,17H2,1H3. The van der Waals surface area contributed by atoms with Crippen LogP contribution >= 0.6 is 15.9 Å². The van der Waals surface area contributed by atoms with Gasteiger partial charge < -0.3 is 5.73 Å². The monoisotopic (exact) mass is 366 g/mol. The number of anilines is 1. The van der Waals surface area contributed by atoms with Crippen LogP contribution in [0.5, 0.6) is 0 Å². The van der Waals surface area contributed by atoms with Crippen molar-refractivity contribution in [1.29, 1.82) is 0 Å². The number of rotatable bonds is 2. The van der Waals surface area contributed by atoms with E-state index in [0.717, 1.165) is 11.1 Å². The van der Waals surface area contributed by atoms with Crippen LogP contribution in [0.3, 0.4) is 0 Å². The molecule has 6 heteroatoms. The van der Waals surface area contributed by atoms with E-state index in [-0.39, 0.29) is 4.90 Å². The second-order valence-electron chi connectivity index (χ2n) is 5.18. The van der Waals surface area contributed by atoms with Crippen molar-refractivity contribution in [1.82, 2.24) is 4.31 Å². The molecule has 0 unspecified atom stereocenters. The third kappa shape index (κ3) is 2.47. The van der Waals surface area contributed by atoms with Crippen LogP contribution in [0.2, 0.25) is 0 Å². The van der Waals surface area contributed by atoms with Gasteiger partial charge in [-0.15, -0.1) is 0 Å². The van der Waals surface area contributed by atoms with Crippen molar-refractivity contribution in [3.05, 3.63) is 57.6 Å². The number of nitrogens with two attached hydrogens (primary N) is 1. The van der Waals surface area contributed by atoms with Crippen molar-refractivity contribution in [2.24, 2.45) is 0 Å². The quantitative estimate of drug-likeness (QED) is 0.830. The molecular formula is C15H15BrN2O2S. The molecule has 0 bridgehead atoms. The van der Waals surface area contributed by atoms with E-state index in [4.69, 9.17) is 5.73 Å². The highest BCUT2D eigenvalue weighted by atomic mass is 79.9. The van der Waals surface area contributed by atoms with Crippen LogP contribution in [0.25, 0.3) is 0 Å². The molecule has 21 heavy (non-hydrogen) atoms. The average molecular weight is 367 g/mol. The number of nitrogen functional groups attached to an aromatic ring is 1. The van der Waals surface area contributed by atoms with E-state index >= 15 is 0 Å². The van der Waals surface area contributed by atoms with Gasteiger partial charge in [-0.3, -0.25) is 0 Å². The lowest BCUT2D eigenvalue weighted by Crippen LogP contribution is -2.26. The first-order valence-electron chi connectivity index (χ1n) is 6.52. The number of hydrogen-bond donors (Lipinski definition) is 1.